The SMILES string of the molecule is CC(C)c1cc(C(=O)Nc2cccc(S(=O)(=O)NC3CC3)c2)c2ccccc2n1. The number of sulfonamides is 1. The zero-order valence-corrected chi connectivity index (χ0v) is 17.2. The third-order valence-electron chi connectivity index (χ3n) is 4.87. The van der Waals surface area contributed by atoms with E-state index in [2.05, 4.69) is 15.0 Å². The van der Waals surface area contributed by atoms with E-state index in [1.54, 1.807) is 18.2 Å². The fourth-order valence-electron chi connectivity index (χ4n) is 3.11. The van der Waals surface area contributed by atoms with Crippen LogP contribution in [0.1, 0.15) is 48.7 Å². The van der Waals surface area contributed by atoms with Gasteiger partial charge >= 0.3 is 0 Å². The number of anilines is 1. The molecule has 6 nitrogen and oxygen atoms in total. The van der Waals surface area contributed by atoms with E-state index < -0.39 is 10.0 Å². The van der Waals surface area contributed by atoms with Crippen LogP contribution in [0.15, 0.2) is 59.5 Å². The number of amides is 1. The third-order valence-corrected chi connectivity index (χ3v) is 6.39. The molecule has 1 aliphatic rings. The van der Waals surface area contributed by atoms with Crippen LogP contribution in [0.3, 0.4) is 0 Å². The maximum Gasteiger partial charge on any atom is 0.256 e. The molecule has 1 saturated carbocycles. The van der Waals surface area contributed by atoms with Gasteiger partial charge in [0.2, 0.25) is 10.0 Å². The average molecular weight is 410 g/mol. The first-order chi connectivity index (χ1) is 13.8. The standard InChI is InChI=1S/C22H23N3O3S/c1-14(2)21-13-19(18-8-3-4-9-20(18)24-21)22(26)23-16-6-5-7-17(12-16)29(27,28)25-15-10-11-15/h3-9,12-15,25H,10-11H2,1-2H3,(H,23,26). The molecule has 1 heterocycles. The summed E-state index contributed by atoms with van der Waals surface area (Å²) in [5.41, 5.74) is 2.54. The molecule has 1 amide bonds. The fraction of sp³-hybridized carbons (Fsp3) is 0.273. The van der Waals surface area contributed by atoms with Crippen molar-refractivity contribution in [3.63, 3.8) is 0 Å². The van der Waals surface area contributed by atoms with Crippen LogP contribution in [0.4, 0.5) is 5.69 Å². The van der Waals surface area contributed by atoms with Crippen LogP contribution < -0.4 is 10.0 Å². The number of carbonyl (C=O) groups excluding carboxylic acids is 1. The highest BCUT2D eigenvalue weighted by atomic mass is 32.2. The van der Waals surface area contributed by atoms with E-state index in [0.717, 1.165) is 29.4 Å². The van der Waals surface area contributed by atoms with Crippen molar-refractivity contribution >= 4 is 32.5 Å². The Morgan fingerprint density at radius 3 is 2.55 bits per heavy atom. The van der Waals surface area contributed by atoms with E-state index in [0.29, 0.717) is 11.3 Å². The summed E-state index contributed by atoms with van der Waals surface area (Å²) in [6.45, 7) is 4.06. The highest BCUT2D eigenvalue weighted by molar-refractivity contribution is 7.89. The summed E-state index contributed by atoms with van der Waals surface area (Å²) in [5.74, 6) is -0.122. The van der Waals surface area contributed by atoms with Crippen LogP contribution in [-0.2, 0) is 10.0 Å². The second kappa shape index (κ2) is 7.57. The molecule has 0 atom stereocenters. The predicted molar refractivity (Wildman–Crippen MR) is 114 cm³/mol. The molecular weight excluding hydrogens is 386 g/mol. The molecule has 0 saturated heterocycles. The van der Waals surface area contributed by atoms with Gasteiger partial charge in [0.05, 0.1) is 16.0 Å². The van der Waals surface area contributed by atoms with Crippen molar-refractivity contribution in [3.8, 4) is 0 Å². The molecular formula is C22H23N3O3S. The van der Waals surface area contributed by atoms with Crippen LogP contribution in [0.5, 0.6) is 0 Å². The van der Waals surface area contributed by atoms with E-state index in [1.165, 1.54) is 12.1 Å². The minimum absolute atomic E-state index is 0.0240. The molecule has 150 valence electrons. The van der Waals surface area contributed by atoms with Crippen molar-refractivity contribution < 1.29 is 13.2 Å². The van der Waals surface area contributed by atoms with Gasteiger partial charge in [-0.25, -0.2) is 13.1 Å². The smallest absolute Gasteiger partial charge is 0.256 e. The molecule has 1 fully saturated rings. The van der Waals surface area contributed by atoms with Gasteiger partial charge in [-0.2, -0.15) is 0 Å². The van der Waals surface area contributed by atoms with Crippen LogP contribution in [0.2, 0.25) is 0 Å². The summed E-state index contributed by atoms with van der Waals surface area (Å²) in [7, 11) is -3.58. The lowest BCUT2D eigenvalue weighted by atomic mass is 10.0. The molecule has 0 spiro atoms. The van der Waals surface area contributed by atoms with Gasteiger partial charge in [0.1, 0.15) is 0 Å². The maximum absolute atomic E-state index is 13.0. The summed E-state index contributed by atoms with van der Waals surface area (Å²) >= 11 is 0. The second-order valence-electron chi connectivity index (χ2n) is 7.64. The number of para-hydroxylation sites is 1. The highest BCUT2D eigenvalue weighted by Gasteiger charge is 2.28. The quantitative estimate of drug-likeness (QED) is 0.643. The van der Waals surface area contributed by atoms with Gasteiger partial charge in [0.25, 0.3) is 5.91 Å². The summed E-state index contributed by atoms with van der Waals surface area (Å²) in [6.07, 6.45) is 1.73. The van der Waals surface area contributed by atoms with Crippen LogP contribution in [-0.4, -0.2) is 25.4 Å². The van der Waals surface area contributed by atoms with E-state index in [-0.39, 0.29) is 22.8 Å². The van der Waals surface area contributed by atoms with Gasteiger partial charge in [-0.05, 0) is 49.1 Å². The first-order valence-corrected chi connectivity index (χ1v) is 11.2. The lowest BCUT2D eigenvalue weighted by Crippen LogP contribution is -2.25. The third kappa shape index (κ3) is 4.31. The number of hydrogen-bond acceptors (Lipinski definition) is 4. The Morgan fingerprint density at radius 2 is 1.83 bits per heavy atom. The van der Waals surface area contributed by atoms with Crippen molar-refractivity contribution in [1.82, 2.24) is 9.71 Å². The topological polar surface area (TPSA) is 88.2 Å². The molecule has 1 aliphatic carbocycles. The van der Waals surface area contributed by atoms with Crippen molar-refractivity contribution in [2.24, 2.45) is 0 Å². The van der Waals surface area contributed by atoms with Crippen molar-refractivity contribution in [3.05, 3.63) is 65.9 Å². The van der Waals surface area contributed by atoms with Gasteiger partial charge < -0.3 is 5.32 Å². The molecule has 0 unspecified atom stereocenters. The maximum atomic E-state index is 13.0. The molecule has 1 aromatic heterocycles. The van der Waals surface area contributed by atoms with Crippen molar-refractivity contribution in [2.75, 3.05) is 5.32 Å². The number of nitrogens with zero attached hydrogens (tertiary/aromatic N) is 1. The fourth-order valence-corrected chi connectivity index (χ4v) is 4.46. The highest BCUT2D eigenvalue weighted by Crippen LogP contribution is 2.25. The van der Waals surface area contributed by atoms with Gasteiger partial charge in [0, 0.05) is 22.8 Å². The number of pyridine rings is 1. The predicted octanol–water partition coefficient (Wildman–Crippen LogP) is 4.05. The monoisotopic (exact) mass is 409 g/mol. The first kappa shape index (κ1) is 19.5. The Kier molecular flexibility index (Phi) is 5.10. The number of carbonyl (C=O) groups is 1. The molecule has 29 heavy (non-hydrogen) atoms. The summed E-state index contributed by atoms with van der Waals surface area (Å²) in [6, 6.07) is 15.6. The second-order valence-corrected chi connectivity index (χ2v) is 9.36. The van der Waals surface area contributed by atoms with Gasteiger partial charge in [0.15, 0.2) is 0 Å². The minimum Gasteiger partial charge on any atom is -0.322 e. The Morgan fingerprint density at radius 1 is 1.07 bits per heavy atom. The van der Waals surface area contributed by atoms with Crippen molar-refractivity contribution in [1.29, 1.82) is 0 Å². The molecule has 4 rings (SSSR count). The largest absolute Gasteiger partial charge is 0.322 e. The molecule has 3 aromatic rings. The number of hydrogen-bond donors (Lipinski definition) is 2. The molecule has 0 radical (unpaired) electrons. The van der Waals surface area contributed by atoms with Crippen LogP contribution in [0, 0.1) is 0 Å². The Hall–Kier alpha value is -2.77. The van der Waals surface area contributed by atoms with Crippen LogP contribution in [0.25, 0.3) is 10.9 Å². The number of benzene rings is 2. The lowest BCUT2D eigenvalue weighted by molar-refractivity contribution is 0.102. The average Bonchev–Trinajstić information content (AvgIpc) is 3.50. The lowest BCUT2D eigenvalue weighted by Gasteiger charge is -2.13. The summed E-state index contributed by atoms with van der Waals surface area (Å²) in [5, 5.41) is 3.60. The van der Waals surface area contributed by atoms with Gasteiger partial charge in [-0.1, -0.05) is 38.1 Å². The zero-order valence-electron chi connectivity index (χ0n) is 16.3. The summed E-state index contributed by atoms with van der Waals surface area (Å²) < 4.78 is 27.6. The molecule has 0 bridgehead atoms. The van der Waals surface area contributed by atoms with Crippen LogP contribution >= 0.6 is 0 Å². The molecule has 7 heteroatoms. The van der Waals surface area contributed by atoms with Gasteiger partial charge in [-0.15, -0.1) is 0 Å². The summed E-state index contributed by atoms with van der Waals surface area (Å²) in [4.78, 5) is 17.8. The van der Waals surface area contributed by atoms with E-state index in [1.807, 2.05) is 38.1 Å². The number of fused-ring (bicyclic) bond motifs is 1. The minimum atomic E-state index is -3.58. The molecule has 2 aromatic carbocycles. The Labute approximate surface area is 170 Å². The van der Waals surface area contributed by atoms with E-state index in [4.69, 9.17) is 0 Å². The first-order valence-electron chi connectivity index (χ1n) is 9.67. The Bertz CT molecular complexity index is 1180. The molecule has 2 N–H and O–H groups in total. The zero-order chi connectivity index (χ0) is 20.6. The van der Waals surface area contributed by atoms with E-state index in [9.17, 15) is 13.2 Å². The number of aromatic nitrogens is 1. The number of nitrogens with one attached hydrogen (secondary N) is 2. The van der Waals surface area contributed by atoms with E-state index >= 15 is 0 Å². The number of rotatable bonds is 6. The molecule has 0 aliphatic heterocycles. The van der Waals surface area contributed by atoms with Crippen molar-refractivity contribution in [2.45, 2.75) is 43.5 Å². The Balaban J connectivity index is 1.66. The normalized spacial score (nSPS) is 14.3. The van der Waals surface area contributed by atoms with Gasteiger partial charge in [-0.3, -0.25) is 9.78 Å².